The summed E-state index contributed by atoms with van der Waals surface area (Å²) in [6.07, 6.45) is 2.87. The van der Waals surface area contributed by atoms with Crippen molar-refractivity contribution in [1.82, 2.24) is 9.88 Å². The maximum absolute atomic E-state index is 5.66. The third-order valence-electron chi connectivity index (χ3n) is 2.58. The molecule has 14 heavy (non-hydrogen) atoms. The second-order valence-corrected chi connectivity index (χ2v) is 3.94. The predicted octanol–water partition coefficient (Wildman–Crippen LogP) is 1.82. The second kappa shape index (κ2) is 4.15. The van der Waals surface area contributed by atoms with Crippen molar-refractivity contribution in [3.05, 3.63) is 23.5 Å². The average molecular weight is 213 g/mol. The van der Waals surface area contributed by atoms with Crippen molar-refractivity contribution in [3.63, 3.8) is 0 Å². The fourth-order valence-electron chi connectivity index (χ4n) is 1.42. The minimum absolute atomic E-state index is 0.498. The van der Waals surface area contributed by atoms with Gasteiger partial charge in [-0.05, 0) is 32.1 Å². The molecular formula is C10H13ClN2O. The highest BCUT2D eigenvalue weighted by atomic mass is 35.5. The fourth-order valence-corrected chi connectivity index (χ4v) is 1.53. The number of likely N-dealkylation sites (N-methyl/N-ethyl adjacent to an activating group) is 1. The maximum atomic E-state index is 5.66. The Hall–Kier alpha value is -0.800. The number of pyridine rings is 1. The molecule has 1 saturated heterocycles. The van der Waals surface area contributed by atoms with Gasteiger partial charge in [-0.25, -0.2) is 4.98 Å². The standard InChI is InChI=1S/C10H13ClN2O/c1-13-5-4-8(13)7-14-9-2-3-10(11)12-6-9/h2-3,6,8H,4-5,7H2,1H3/t8-/m1/s1. The molecule has 76 valence electrons. The van der Waals surface area contributed by atoms with Crippen molar-refractivity contribution in [2.45, 2.75) is 12.5 Å². The van der Waals surface area contributed by atoms with E-state index in [4.69, 9.17) is 16.3 Å². The summed E-state index contributed by atoms with van der Waals surface area (Å²) in [6, 6.07) is 4.14. The highest BCUT2D eigenvalue weighted by molar-refractivity contribution is 6.29. The van der Waals surface area contributed by atoms with Gasteiger partial charge in [0, 0.05) is 6.04 Å². The molecule has 0 bridgehead atoms. The van der Waals surface area contributed by atoms with Crippen LogP contribution < -0.4 is 4.74 Å². The molecule has 0 amide bonds. The van der Waals surface area contributed by atoms with Crippen molar-refractivity contribution in [2.24, 2.45) is 0 Å². The van der Waals surface area contributed by atoms with Crippen LogP contribution in [0.15, 0.2) is 18.3 Å². The van der Waals surface area contributed by atoms with E-state index in [-0.39, 0.29) is 0 Å². The van der Waals surface area contributed by atoms with E-state index in [1.54, 1.807) is 12.3 Å². The topological polar surface area (TPSA) is 25.4 Å². The molecule has 0 radical (unpaired) electrons. The van der Waals surface area contributed by atoms with E-state index in [9.17, 15) is 0 Å². The molecule has 1 aliphatic rings. The van der Waals surface area contributed by atoms with Crippen molar-refractivity contribution >= 4 is 11.6 Å². The molecule has 0 aromatic carbocycles. The first-order valence-electron chi connectivity index (χ1n) is 4.70. The van der Waals surface area contributed by atoms with E-state index in [1.165, 1.54) is 13.0 Å². The summed E-state index contributed by atoms with van der Waals surface area (Å²) in [5, 5.41) is 0.498. The van der Waals surface area contributed by atoms with Gasteiger partial charge in [-0.2, -0.15) is 0 Å². The Labute approximate surface area is 88.6 Å². The van der Waals surface area contributed by atoms with E-state index in [0.29, 0.717) is 11.2 Å². The summed E-state index contributed by atoms with van der Waals surface area (Å²) in [4.78, 5) is 6.23. The van der Waals surface area contributed by atoms with Crippen LogP contribution in [-0.2, 0) is 0 Å². The third kappa shape index (κ3) is 2.16. The number of rotatable bonds is 3. The molecule has 0 unspecified atom stereocenters. The van der Waals surface area contributed by atoms with Gasteiger partial charge in [0.15, 0.2) is 0 Å². The van der Waals surface area contributed by atoms with Crippen molar-refractivity contribution in [3.8, 4) is 5.75 Å². The summed E-state index contributed by atoms with van der Waals surface area (Å²) in [5.74, 6) is 0.787. The normalized spacial score (nSPS) is 21.7. The Kier molecular flexibility index (Phi) is 2.89. The van der Waals surface area contributed by atoms with E-state index in [0.717, 1.165) is 12.4 Å². The molecule has 4 heteroatoms. The first-order valence-corrected chi connectivity index (χ1v) is 5.08. The van der Waals surface area contributed by atoms with Crippen LogP contribution in [0, 0.1) is 0 Å². The second-order valence-electron chi connectivity index (χ2n) is 3.55. The molecule has 1 aromatic heterocycles. The highest BCUT2D eigenvalue weighted by Crippen LogP contribution is 2.17. The Morgan fingerprint density at radius 1 is 1.64 bits per heavy atom. The predicted molar refractivity (Wildman–Crippen MR) is 55.8 cm³/mol. The summed E-state index contributed by atoms with van der Waals surface area (Å²) in [7, 11) is 2.11. The van der Waals surface area contributed by atoms with Gasteiger partial charge in [0.05, 0.1) is 6.20 Å². The quantitative estimate of drug-likeness (QED) is 0.715. The molecule has 0 saturated carbocycles. The summed E-state index contributed by atoms with van der Waals surface area (Å²) in [5.41, 5.74) is 0. The summed E-state index contributed by atoms with van der Waals surface area (Å²) >= 11 is 5.66. The van der Waals surface area contributed by atoms with Gasteiger partial charge in [-0.3, -0.25) is 4.90 Å². The van der Waals surface area contributed by atoms with Crippen LogP contribution in [-0.4, -0.2) is 36.1 Å². The minimum Gasteiger partial charge on any atom is -0.490 e. The first kappa shape index (κ1) is 9.74. The van der Waals surface area contributed by atoms with Crippen LogP contribution in [0.3, 0.4) is 0 Å². The van der Waals surface area contributed by atoms with Crippen LogP contribution in [0.5, 0.6) is 5.75 Å². The lowest BCUT2D eigenvalue weighted by atomic mass is 10.1. The molecule has 0 spiro atoms. The number of likely N-dealkylation sites (tertiary alicyclic amines) is 1. The average Bonchev–Trinajstić information content (AvgIpc) is 2.19. The lowest BCUT2D eigenvalue weighted by Gasteiger charge is -2.37. The molecule has 3 nitrogen and oxygen atoms in total. The molecule has 1 atom stereocenters. The number of halogens is 1. The zero-order valence-electron chi connectivity index (χ0n) is 8.11. The minimum atomic E-state index is 0.498. The fraction of sp³-hybridized carbons (Fsp3) is 0.500. The smallest absolute Gasteiger partial charge is 0.137 e. The number of nitrogens with zero attached hydrogens (tertiary/aromatic N) is 2. The van der Waals surface area contributed by atoms with Gasteiger partial charge in [0.1, 0.15) is 17.5 Å². The van der Waals surface area contributed by atoms with Crippen LogP contribution in [0.2, 0.25) is 5.15 Å². The van der Waals surface area contributed by atoms with E-state index < -0.39 is 0 Å². The van der Waals surface area contributed by atoms with Gasteiger partial charge >= 0.3 is 0 Å². The van der Waals surface area contributed by atoms with Gasteiger partial charge in [0.2, 0.25) is 0 Å². The van der Waals surface area contributed by atoms with E-state index in [2.05, 4.69) is 16.9 Å². The SMILES string of the molecule is CN1CC[C@@H]1COc1ccc(Cl)nc1. The lowest BCUT2D eigenvalue weighted by molar-refractivity contribution is 0.0767. The highest BCUT2D eigenvalue weighted by Gasteiger charge is 2.24. The van der Waals surface area contributed by atoms with E-state index >= 15 is 0 Å². The Bertz CT molecular complexity index is 301. The largest absolute Gasteiger partial charge is 0.490 e. The van der Waals surface area contributed by atoms with Gasteiger partial charge < -0.3 is 4.74 Å². The number of aromatic nitrogens is 1. The van der Waals surface area contributed by atoms with Gasteiger partial charge in [-0.1, -0.05) is 11.6 Å². The zero-order chi connectivity index (χ0) is 9.97. The first-order chi connectivity index (χ1) is 6.75. The zero-order valence-corrected chi connectivity index (χ0v) is 8.87. The molecule has 0 aliphatic carbocycles. The monoisotopic (exact) mass is 212 g/mol. The van der Waals surface area contributed by atoms with Gasteiger partial charge in [0.25, 0.3) is 0 Å². The van der Waals surface area contributed by atoms with Crippen molar-refractivity contribution < 1.29 is 4.74 Å². The van der Waals surface area contributed by atoms with Crippen LogP contribution in [0.1, 0.15) is 6.42 Å². The van der Waals surface area contributed by atoms with Crippen LogP contribution in [0.4, 0.5) is 0 Å². The van der Waals surface area contributed by atoms with Crippen molar-refractivity contribution in [2.75, 3.05) is 20.2 Å². The van der Waals surface area contributed by atoms with E-state index in [1.807, 2.05) is 6.07 Å². The Morgan fingerprint density at radius 3 is 3.00 bits per heavy atom. The number of ether oxygens (including phenoxy) is 1. The molecule has 2 rings (SSSR count). The van der Waals surface area contributed by atoms with Crippen LogP contribution in [0.25, 0.3) is 0 Å². The number of hydrogen-bond donors (Lipinski definition) is 0. The van der Waals surface area contributed by atoms with Crippen LogP contribution >= 0.6 is 11.6 Å². The van der Waals surface area contributed by atoms with Crippen molar-refractivity contribution in [1.29, 1.82) is 0 Å². The summed E-state index contributed by atoms with van der Waals surface area (Å²) < 4.78 is 5.57. The lowest BCUT2D eigenvalue weighted by Crippen LogP contribution is -2.48. The molecule has 2 heterocycles. The number of hydrogen-bond acceptors (Lipinski definition) is 3. The molecule has 1 fully saturated rings. The Balaban J connectivity index is 1.83. The third-order valence-corrected chi connectivity index (χ3v) is 2.80. The van der Waals surface area contributed by atoms with Gasteiger partial charge in [-0.15, -0.1) is 0 Å². The Morgan fingerprint density at radius 2 is 2.50 bits per heavy atom. The maximum Gasteiger partial charge on any atom is 0.137 e. The summed E-state index contributed by atoms with van der Waals surface area (Å²) in [6.45, 7) is 1.91. The molecule has 1 aromatic rings. The molecule has 0 N–H and O–H groups in total. The molecule has 1 aliphatic heterocycles. The molecular weight excluding hydrogens is 200 g/mol.